The molecule has 1 heterocycles. The summed E-state index contributed by atoms with van der Waals surface area (Å²) < 4.78 is 5.27. The minimum Gasteiger partial charge on any atom is -0.381 e. The van der Waals surface area contributed by atoms with Gasteiger partial charge in [-0.25, -0.2) is 0 Å². The van der Waals surface area contributed by atoms with Crippen molar-refractivity contribution in [2.75, 3.05) is 18.5 Å². The fraction of sp³-hybridized carbons (Fsp3) is 0.778. The van der Waals surface area contributed by atoms with Crippen molar-refractivity contribution in [3.8, 4) is 0 Å². The molecule has 1 aliphatic heterocycles. The molecule has 1 aliphatic rings. The van der Waals surface area contributed by atoms with Gasteiger partial charge < -0.3 is 4.74 Å². The van der Waals surface area contributed by atoms with Gasteiger partial charge in [0, 0.05) is 18.5 Å². The maximum atomic E-state index is 5.27. The Morgan fingerprint density at radius 3 is 2.73 bits per heavy atom. The summed E-state index contributed by atoms with van der Waals surface area (Å²) in [5.41, 5.74) is 1.44. The van der Waals surface area contributed by atoms with Crippen molar-refractivity contribution in [1.82, 2.24) is 0 Å². The molecule has 0 unspecified atom stereocenters. The molecule has 0 radical (unpaired) electrons. The van der Waals surface area contributed by atoms with Crippen LogP contribution in [0.5, 0.6) is 0 Å². The maximum Gasteiger partial charge on any atom is 0.0471 e. The van der Waals surface area contributed by atoms with Crippen LogP contribution in [0.4, 0.5) is 0 Å². The summed E-state index contributed by atoms with van der Waals surface area (Å²) in [6.07, 6.45) is 4.77. The minimum absolute atomic E-state index is 0.765. The first kappa shape index (κ1) is 9.27. The van der Waals surface area contributed by atoms with E-state index in [1.165, 1.54) is 18.4 Å². The van der Waals surface area contributed by atoms with Gasteiger partial charge in [0.05, 0.1) is 0 Å². The smallest absolute Gasteiger partial charge is 0.0471 e. The molecule has 2 heteroatoms. The summed E-state index contributed by atoms with van der Waals surface area (Å²) in [4.78, 5) is 0. The minimum atomic E-state index is 0.765. The van der Waals surface area contributed by atoms with E-state index in [4.69, 9.17) is 4.74 Å². The molecule has 1 saturated heterocycles. The quantitative estimate of drug-likeness (QED) is 0.512. The summed E-state index contributed by atoms with van der Waals surface area (Å²) in [5.74, 6) is 0.765. The Hall–Kier alpha value is 0.180. The number of ether oxygens (including phenoxy) is 1. The van der Waals surface area contributed by atoms with Crippen LogP contribution in [-0.4, -0.2) is 18.5 Å². The molecule has 0 aromatic carbocycles. The van der Waals surface area contributed by atoms with Gasteiger partial charge in [0.25, 0.3) is 0 Å². The summed E-state index contributed by atoms with van der Waals surface area (Å²) >= 11 is 3.44. The second kappa shape index (κ2) is 4.94. The fourth-order valence-electron chi connectivity index (χ4n) is 1.33. The predicted molar refractivity (Wildman–Crippen MR) is 51.1 cm³/mol. The van der Waals surface area contributed by atoms with Gasteiger partial charge in [-0.3, -0.25) is 0 Å². The summed E-state index contributed by atoms with van der Waals surface area (Å²) in [6, 6.07) is 0. The van der Waals surface area contributed by atoms with Crippen LogP contribution in [0, 0.1) is 5.92 Å². The van der Waals surface area contributed by atoms with E-state index in [0.717, 1.165) is 24.5 Å². The molecule has 0 bridgehead atoms. The Balaban J connectivity index is 2.34. The van der Waals surface area contributed by atoms with Crippen LogP contribution in [0.25, 0.3) is 0 Å². The second-order valence-corrected chi connectivity index (χ2v) is 3.66. The van der Waals surface area contributed by atoms with Crippen LogP contribution in [0.3, 0.4) is 0 Å². The topological polar surface area (TPSA) is 9.23 Å². The highest BCUT2D eigenvalue weighted by atomic mass is 79.9. The van der Waals surface area contributed by atoms with Crippen molar-refractivity contribution in [2.24, 2.45) is 5.92 Å². The third kappa shape index (κ3) is 3.39. The highest BCUT2D eigenvalue weighted by Gasteiger charge is 2.10. The molecule has 0 spiro atoms. The van der Waals surface area contributed by atoms with Crippen molar-refractivity contribution in [1.29, 1.82) is 0 Å². The maximum absolute atomic E-state index is 5.27. The Bertz CT molecular complexity index is 136. The van der Waals surface area contributed by atoms with Crippen LogP contribution in [0.15, 0.2) is 11.6 Å². The van der Waals surface area contributed by atoms with Gasteiger partial charge in [0.15, 0.2) is 0 Å². The zero-order valence-electron chi connectivity index (χ0n) is 6.98. The molecule has 64 valence electrons. The molecule has 0 amide bonds. The van der Waals surface area contributed by atoms with Crippen molar-refractivity contribution in [2.45, 2.75) is 19.8 Å². The molecular weight excluding hydrogens is 204 g/mol. The van der Waals surface area contributed by atoms with Gasteiger partial charge in [0.2, 0.25) is 0 Å². The lowest BCUT2D eigenvalue weighted by molar-refractivity contribution is 0.0784. The third-order valence-electron chi connectivity index (χ3n) is 2.00. The van der Waals surface area contributed by atoms with Gasteiger partial charge in [-0.15, -0.1) is 0 Å². The predicted octanol–water partition coefficient (Wildman–Crippen LogP) is 2.75. The van der Waals surface area contributed by atoms with Crippen LogP contribution < -0.4 is 0 Å². The molecule has 11 heavy (non-hydrogen) atoms. The van der Waals surface area contributed by atoms with E-state index in [-0.39, 0.29) is 0 Å². The van der Waals surface area contributed by atoms with Crippen LogP contribution in [0.2, 0.25) is 0 Å². The average Bonchev–Trinajstić information content (AvgIpc) is 2.06. The Morgan fingerprint density at radius 2 is 2.18 bits per heavy atom. The lowest BCUT2D eigenvalue weighted by atomic mass is 9.98. The van der Waals surface area contributed by atoms with Gasteiger partial charge in [0.1, 0.15) is 0 Å². The van der Waals surface area contributed by atoms with Crippen molar-refractivity contribution in [3.05, 3.63) is 11.6 Å². The second-order valence-electron chi connectivity index (χ2n) is 3.10. The Morgan fingerprint density at radius 1 is 1.55 bits per heavy atom. The first-order valence-corrected chi connectivity index (χ1v) is 5.26. The number of hydrogen-bond donors (Lipinski definition) is 0. The van der Waals surface area contributed by atoms with Gasteiger partial charge in [-0.1, -0.05) is 27.6 Å². The number of alkyl halides is 1. The summed E-state index contributed by atoms with van der Waals surface area (Å²) in [7, 11) is 0. The number of hydrogen-bond acceptors (Lipinski definition) is 1. The van der Waals surface area contributed by atoms with E-state index in [0.29, 0.717) is 0 Å². The van der Waals surface area contributed by atoms with Crippen LogP contribution in [-0.2, 0) is 4.74 Å². The number of allylic oxidation sites excluding steroid dienone is 2. The fourth-order valence-corrected chi connectivity index (χ4v) is 1.52. The largest absolute Gasteiger partial charge is 0.381 e. The molecule has 1 nitrogen and oxygen atoms in total. The van der Waals surface area contributed by atoms with Crippen LogP contribution >= 0.6 is 15.9 Å². The third-order valence-corrected chi connectivity index (χ3v) is 2.88. The normalized spacial score (nSPS) is 22.2. The first-order chi connectivity index (χ1) is 5.33. The molecule has 0 aromatic heterocycles. The molecule has 1 rings (SSSR count). The monoisotopic (exact) mass is 218 g/mol. The molecule has 0 aromatic rings. The molecule has 1 fully saturated rings. The van der Waals surface area contributed by atoms with E-state index >= 15 is 0 Å². The SMILES string of the molecule is CC(=CC1CCOCC1)CBr. The lowest BCUT2D eigenvalue weighted by Crippen LogP contribution is -2.14. The zero-order valence-corrected chi connectivity index (χ0v) is 8.56. The Kier molecular flexibility index (Phi) is 4.16. The van der Waals surface area contributed by atoms with Gasteiger partial charge >= 0.3 is 0 Å². The highest BCUT2D eigenvalue weighted by Crippen LogP contribution is 2.18. The average molecular weight is 219 g/mol. The number of halogens is 1. The van der Waals surface area contributed by atoms with E-state index in [1.54, 1.807) is 0 Å². The van der Waals surface area contributed by atoms with Gasteiger partial charge in [-0.05, 0) is 25.7 Å². The highest BCUT2D eigenvalue weighted by molar-refractivity contribution is 9.09. The first-order valence-electron chi connectivity index (χ1n) is 4.14. The lowest BCUT2D eigenvalue weighted by Gasteiger charge is -2.19. The summed E-state index contributed by atoms with van der Waals surface area (Å²) in [6.45, 7) is 4.05. The molecule has 0 aliphatic carbocycles. The molecular formula is C9H15BrO. The van der Waals surface area contributed by atoms with E-state index in [9.17, 15) is 0 Å². The van der Waals surface area contributed by atoms with E-state index in [1.807, 2.05) is 0 Å². The zero-order chi connectivity index (χ0) is 8.10. The summed E-state index contributed by atoms with van der Waals surface area (Å²) in [5, 5.41) is 1.00. The van der Waals surface area contributed by atoms with E-state index in [2.05, 4.69) is 28.9 Å². The van der Waals surface area contributed by atoms with Crippen molar-refractivity contribution >= 4 is 15.9 Å². The van der Waals surface area contributed by atoms with Gasteiger partial charge in [-0.2, -0.15) is 0 Å². The Labute approximate surface area is 76.9 Å². The number of rotatable bonds is 2. The van der Waals surface area contributed by atoms with Crippen molar-refractivity contribution in [3.63, 3.8) is 0 Å². The van der Waals surface area contributed by atoms with Crippen molar-refractivity contribution < 1.29 is 4.74 Å². The van der Waals surface area contributed by atoms with Crippen LogP contribution in [0.1, 0.15) is 19.8 Å². The molecule has 0 saturated carbocycles. The molecule has 0 N–H and O–H groups in total. The standard InChI is InChI=1S/C9H15BrO/c1-8(7-10)6-9-2-4-11-5-3-9/h6,9H,2-5,7H2,1H3. The molecule has 0 atom stereocenters. The van der Waals surface area contributed by atoms with E-state index < -0.39 is 0 Å².